The van der Waals surface area contributed by atoms with Crippen molar-refractivity contribution in [3.05, 3.63) is 0 Å². The fourth-order valence-electron chi connectivity index (χ4n) is 4.51. The van der Waals surface area contributed by atoms with Gasteiger partial charge < -0.3 is 5.32 Å². The molecule has 3 nitrogen and oxygen atoms in total. The van der Waals surface area contributed by atoms with Gasteiger partial charge in [-0.15, -0.1) is 0 Å². The molecule has 110 valence electrons. The summed E-state index contributed by atoms with van der Waals surface area (Å²) < 4.78 is 25.9. The molecule has 0 aromatic rings. The van der Waals surface area contributed by atoms with Crippen molar-refractivity contribution in [2.45, 2.75) is 80.7 Å². The Kier molecular flexibility index (Phi) is 4.18. The normalized spacial score (nSPS) is 37.8. The van der Waals surface area contributed by atoms with Gasteiger partial charge in [0.2, 0.25) is 0 Å². The van der Waals surface area contributed by atoms with Crippen molar-refractivity contribution in [1.29, 1.82) is 0 Å². The highest BCUT2D eigenvalue weighted by atomic mass is 32.2. The van der Waals surface area contributed by atoms with Gasteiger partial charge in [0.25, 0.3) is 0 Å². The molecule has 1 saturated heterocycles. The maximum absolute atomic E-state index is 13.0. The van der Waals surface area contributed by atoms with Crippen LogP contribution in [-0.2, 0) is 9.84 Å². The molecular formula is C15H27NO2S. The van der Waals surface area contributed by atoms with E-state index in [1.165, 1.54) is 25.7 Å². The van der Waals surface area contributed by atoms with Gasteiger partial charge in [-0.2, -0.15) is 0 Å². The third-order valence-corrected chi connectivity index (χ3v) is 8.32. The maximum atomic E-state index is 13.0. The van der Waals surface area contributed by atoms with Gasteiger partial charge in [0, 0.05) is 6.04 Å². The van der Waals surface area contributed by atoms with Crippen LogP contribution in [0, 0.1) is 5.92 Å². The molecule has 3 fully saturated rings. The van der Waals surface area contributed by atoms with E-state index in [2.05, 4.69) is 5.32 Å². The molecule has 3 rings (SSSR count). The molecule has 0 bridgehead atoms. The summed E-state index contributed by atoms with van der Waals surface area (Å²) in [6, 6.07) is 0.259. The van der Waals surface area contributed by atoms with Gasteiger partial charge in [-0.25, -0.2) is 8.42 Å². The second kappa shape index (κ2) is 5.72. The predicted octanol–water partition coefficient (Wildman–Crippen LogP) is 2.65. The number of piperidine rings is 1. The van der Waals surface area contributed by atoms with Crippen molar-refractivity contribution >= 4 is 9.84 Å². The van der Waals surface area contributed by atoms with Gasteiger partial charge in [0.15, 0.2) is 9.84 Å². The molecule has 1 aliphatic heterocycles. The Morgan fingerprint density at radius 2 is 1.53 bits per heavy atom. The van der Waals surface area contributed by atoms with Crippen LogP contribution in [0.3, 0.4) is 0 Å². The summed E-state index contributed by atoms with van der Waals surface area (Å²) in [6.45, 7) is 1.01. The van der Waals surface area contributed by atoms with E-state index in [0.717, 1.165) is 45.1 Å². The highest BCUT2D eigenvalue weighted by molar-refractivity contribution is 7.92. The van der Waals surface area contributed by atoms with Crippen LogP contribution in [0.1, 0.15) is 64.2 Å². The molecule has 0 amide bonds. The number of rotatable bonds is 2. The lowest BCUT2D eigenvalue weighted by atomic mass is 9.79. The first-order valence-electron chi connectivity index (χ1n) is 8.15. The molecular weight excluding hydrogens is 258 g/mol. The van der Waals surface area contributed by atoms with Crippen molar-refractivity contribution in [3.63, 3.8) is 0 Å². The monoisotopic (exact) mass is 285 g/mol. The summed E-state index contributed by atoms with van der Waals surface area (Å²) in [6.07, 6.45) is 11.0. The van der Waals surface area contributed by atoms with Crippen molar-refractivity contribution in [3.8, 4) is 0 Å². The first-order chi connectivity index (χ1) is 9.19. The Balaban J connectivity index is 1.78. The molecule has 3 aliphatic rings. The van der Waals surface area contributed by atoms with E-state index in [9.17, 15) is 8.42 Å². The van der Waals surface area contributed by atoms with Gasteiger partial charge in [-0.1, -0.05) is 25.7 Å². The zero-order chi connectivity index (χ0) is 13.3. The lowest BCUT2D eigenvalue weighted by Gasteiger charge is -2.43. The van der Waals surface area contributed by atoms with Crippen LogP contribution in [0.5, 0.6) is 0 Å². The van der Waals surface area contributed by atoms with Gasteiger partial charge in [0.05, 0.1) is 10.5 Å². The van der Waals surface area contributed by atoms with Gasteiger partial charge in [-0.3, -0.25) is 0 Å². The summed E-state index contributed by atoms with van der Waals surface area (Å²) in [7, 11) is -2.92. The molecule has 1 N–H and O–H groups in total. The minimum atomic E-state index is -2.92. The van der Waals surface area contributed by atoms with Crippen molar-refractivity contribution in [2.24, 2.45) is 5.92 Å². The number of hydrogen-bond acceptors (Lipinski definition) is 3. The van der Waals surface area contributed by atoms with Crippen LogP contribution >= 0.6 is 0 Å². The Morgan fingerprint density at radius 3 is 2.32 bits per heavy atom. The first kappa shape index (κ1) is 13.9. The highest BCUT2D eigenvalue weighted by Gasteiger charge is 2.44. The number of sulfone groups is 1. The van der Waals surface area contributed by atoms with Crippen LogP contribution in [0.4, 0.5) is 0 Å². The average molecular weight is 285 g/mol. The molecule has 2 saturated carbocycles. The predicted molar refractivity (Wildman–Crippen MR) is 77.9 cm³/mol. The lowest BCUT2D eigenvalue weighted by Crippen LogP contribution is -2.55. The SMILES string of the molecule is O=S(=O)(C1CCCCC1)C1CCCC2CCCNC21. The highest BCUT2D eigenvalue weighted by Crippen LogP contribution is 2.37. The van der Waals surface area contributed by atoms with Crippen molar-refractivity contribution in [1.82, 2.24) is 5.32 Å². The zero-order valence-electron chi connectivity index (χ0n) is 11.8. The Morgan fingerprint density at radius 1 is 0.789 bits per heavy atom. The Bertz CT molecular complexity index is 398. The third-order valence-electron chi connectivity index (χ3n) is 5.54. The molecule has 0 aromatic heterocycles. The summed E-state index contributed by atoms with van der Waals surface area (Å²) in [4.78, 5) is 0. The molecule has 3 unspecified atom stereocenters. The molecule has 0 aromatic carbocycles. The van der Waals surface area contributed by atoms with E-state index in [4.69, 9.17) is 0 Å². The maximum Gasteiger partial charge on any atom is 0.157 e. The lowest BCUT2D eigenvalue weighted by molar-refractivity contribution is 0.213. The average Bonchev–Trinajstić information content (AvgIpc) is 2.47. The quantitative estimate of drug-likeness (QED) is 0.848. The second-order valence-corrected chi connectivity index (χ2v) is 9.15. The van der Waals surface area contributed by atoms with E-state index >= 15 is 0 Å². The molecule has 1 heterocycles. The van der Waals surface area contributed by atoms with Gasteiger partial charge >= 0.3 is 0 Å². The summed E-state index contributed by atoms with van der Waals surface area (Å²) in [5.74, 6) is 0.617. The van der Waals surface area contributed by atoms with Crippen molar-refractivity contribution in [2.75, 3.05) is 6.54 Å². The van der Waals surface area contributed by atoms with E-state index in [-0.39, 0.29) is 16.5 Å². The smallest absolute Gasteiger partial charge is 0.157 e. The third kappa shape index (κ3) is 2.71. The van der Waals surface area contributed by atoms with E-state index in [1.807, 2.05) is 0 Å². The minimum absolute atomic E-state index is 0.0336. The number of nitrogens with one attached hydrogen (secondary N) is 1. The topological polar surface area (TPSA) is 46.2 Å². The van der Waals surface area contributed by atoms with Crippen LogP contribution < -0.4 is 5.32 Å². The van der Waals surface area contributed by atoms with Crippen LogP contribution in [0.2, 0.25) is 0 Å². The molecule has 0 spiro atoms. The first-order valence-corrected chi connectivity index (χ1v) is 9.76. The van der Waals surface area contributed by atoms with Crippen LogP contribution in [-0.4, -0.2) is 31.5 Å². The number of hydrogen-bond donors (Lipinski definition) is 1. The van der Waals surface area contributed by atoms with Crippen molar-refractivity contribution < 1.29 is 8.42 Å². The van der Waals surface area contributed by atoms with E-state index < -0.39 is 9.84 Å². The molecule has 19 heavy (non-hydrogen) atoms. The molecule has 3 atom stereocenters. The fraction of sp³-hybridized carbons (Fsp3) is 1.00. The Labute approximate surface area is 117 Å². The number of fused-ring (bicyclic) bond motifs is 1. The largest absolute Gasteiger partial charge is 0.312 e. The van der Waals surface area contributed by atoms with Gasteiger partial charge in [0.1, 0.15) is 0 Å². The molecule has 2 aliphatic carbocycles. The molecule has 4 heteroatoms. The van der Waals surface area contributed by atoms with E-state index in [0.29, 0.717) is 5.92 Å². The zero-order valence-corrected chi connectivity index (χ0v) is 12.6. The summed E-state index contributed by atoms with van der Waals surface area (Å²) in [5.41, 5.74) is 0. The Hall–Kier alpha value is -0.0900. The standard InChI is InChI=1S/C15H27NO2S/c17-19(18,13-8-2-1-3-9-13)14-10-4-6-12-7-5-11-16-15(12)14/h12-16H,1-11H2. The summed E-state index contributed by atoms with van der Waals surface area (Å²) >= 11 is 0. The van der Waals surface area contributed by atoms with Gasteiger partial charge in [-0.05, 0) is 51.0 Å². The minimum Gasteiger partial charge on any atom is -0.312 e. The van der Waals surface area contributed by atoms with Crippen LogP contribution in [0.25, 0.3) is 0 Å². The second-order valence-electron chi connectivity index (χ2n) is 6.70. The van der Waals surface area contributed by atoms with E-state index in [1.54, 1.807) is 0 Å². The fourth-order valence-corrected chi connectivity index (χ4v) is 7.22. The molecule has 0 radical (unpaired) electrons. The van der Waals surface area contributed by atoms with Crippen LogP contribution in [0.15, 0.2) is 0 Å². The summed E-state index contributed by atoms with van der Waals surface area (Å²) in [5, 5.41) is 3.42.